The molecule has 6 atom stereocenters. The smallest absolute Gasteiger partial charge is 0.254 e. The van der Waals surface area contributed by atoms with Gasteiger partial charge in [0.2, 0.25) is 23.6 Å². The predicted molar refractivity (Wildman–Crippen MR) is 204 cm³/mol. The number of fused-ring (bicyclic) bond motifs is 3. The second-order valence-electron chi connectivity index (χ2n) is 15.5. The van der Waals surface area contributed by atoms with Crippen molar-refractivity contribution in [2.75, 3.05) is 26.2 Å². The van der Waals surface area contributed by atoms with Gasteiger partial charge in [-0.05, 0) is 74.8 Å². The van der Waals surface area contributed by atoms with Gasteiger partial charge < -0.3 is 35.6 Å². The van der Waals surface area contributed by atoms with Crippen LogP contribution in [0.25, 0.3) is 0 Å². The van der Waals surface area contributed by atoms with Crippen molar-refractivity contribution in [3.8, 4) is 0 Å². The lowest BCUT2D eigenvalue weighted by Crippen LogP contribution is -2.60. The zero-order valence-corrected chi connectivity index (χ0v) is 32.1. The molecule has 0 spiro atoms. The van der Waals surface area contributed by atoms with E-state index in [-0.39, 0.29) is 25.5 Å². The summed E-state index contributed by atoms with van der Waals surface area (Å²) >= 11 is 0. The maximum Gasteiger partial charge on any atom is 0.254 e. The molecule has 0 radical (unpaired) electrons. The van der Waals surface area contributed by atoms with Gasteiger partial charge in [0, 0.05) is 30.8 Å². The number of hydrogen-bond acceptors (Lipinski definition) is 8. The van der Waals surface area contributed by atoms with Gasteiger partial charge in [-0.25, -0.2) is 0 Å². The van der Waals surface area contributed by atoms with Gasteiger partial charge in [0.05, 0.1) is 31.4 Å². The molecule has 55 heavy (non-hydrogen) atoms. The maximum atomic E-state index is 14.4. The highest BCUT2D eigenvalue weighted by Gasteiger charge is 2.41. The molecule has 1 aromatic heterocycles. The van der Waals surface area contributed by atoms with E-state index in [2.05, 4.69) is 21.0 Å². The quantitative estimate of drug-likeness (QED) is 0.283. The summed E-state index contributed by atoms with van der Waals surface area (Å²) in [5.41, 5.74) is 3.82. The third-order valence-corrected chi connectivity index (χ3v) is 10.6. The Balaban J connectivity index is 1.34. The lowest BCUT2D eigenvalue weighted by Gasteiger charge is -2.38. The molecule has 5 amide bonds. The number of hydrogen-bond donors (Lipinski definition) is 4. The van der Waals surface area contributed by atoms with Crippen molar-refractivity contribution in [2.45, 2.75) is 103 Å². The Morgan fingerprint density at radius 2 is 1.69 bits per heavy atom. The highest BCUT2D eigenvalue weighted by molar-refractivity contribution is 5.98. The number of carbonyl (C=O) groups excluding carboxylic acids is 5. The first kappa shape index (κ1) is 39.6. The highest BCUT2D eigenvalue weighted by Crippen LogP contribution is 2.23. The lowest BCUT2D eigenvalue weighted by atomic mass is 9.97. The van der Waals surface area contributed by atoms with Gasteiger partial charge in [-0.3, -0.25) is 28.7 Å². The van der Waals surface area contributed by atoms with Crippen molar-refractivity contribution in [1.82, 2.24) is 35.5 Å². The molecule has 3 aromatic rings. The van der Waals surface area contributed by atoms with E-state index < -0.39 is 72.5 Å². The van der Waals surface area contributed by atoms with Crippen molar-refractivity contribution in [3.63, 3.8) is 0 Å². The fourth-order valence-electron chi connectivity index (χ4n) is 7.84. The molecule has 3 saturated heterocycles. The third-order valence-electron chi connectivity index (χ3n) is 10.6. The van der Waals surface area contributed by atoms with Crippen LogP contribution in [0.3, 0.4) is 0 Å². The number of amides is 5. The van der Waals surface area contributed by atoms with Gasteiger partial charge >= 0.3 is 0 Å². The highest BCUT2D eigenvalue weighted by atomic mass is 16.5. The number of aliphatic hydroxyl groups excluding tert-OH is 1. The zero-order valence-electron chi connectivity index (χ0n) is 32.1. The fourth-order valence-corrected chi connectivity index (χ4v) is 7.84. The summed E-state index contributed by atoms with van der Waals surface area (Å²) in [4.78, 5) is 73.2. The second-order valence-corrected chi connectivity index (χ2v) is 15.5. The molecule has 3 aliphatic rings. The van der Waals surface area contributed by atoms with Crippen LogP contribution in [0.4, 0.5) is 0 Å². The van der Waals surface area contributed by atoms with Crippen molar-refractivity contribution < 1.29 is 33.8 Å². The standard InChI is InChI=1S/C41H53N7O7/c1-25(2)18-32-38(51)43-31-15-17-55-35(37(31)50)23-46(40(53)30-13-8-12-29(20-30)22-48-27(4)19-26(3)45-48)24-36(49)42-33(21-28-10-6-5-7-11-28)41(54)47-16-9-14-34(47)39(52)44-32/h5-8,10-13,19-20,25,31-35,37,50H,9,14-18,21-24H2,1-4H3,(H,42,49)(H,43,51)(H,44,52)/t31-,32+,33-,34+,35+,37-/m0/s1. The predicted octanol–water partition coefficient (Wildman–Crippen LogP) is 1.89. The normalized spacial score (nSPS) is 25.6. The number of carbonyl (C=O) groups is 5. The summed E-state index contributed by atoms with van der Waals surface area (Å²) in [5.74, 6) is -2.31. The Morgan fingerprint density at radius 1 is 0.927 bits per heavy atom. The minimum Gasteiger partial charge on any atom is -0.388 e. The van der Waals surface area contributed by atoms with Gasteiger partial charge in [0.15, 0.2) is 0 Å². The van der Waals surface area contributed by atoms with Crippen LogP contribution in [-0.2, 0) is 36.9 Å². The zero-order chi connectivity index (χ0) is 39.2. The summed E-state index contributed by atoms with van der Waals surface area (Å²) in [5, 5.41) is 24.9. The van der Waals surface area contributed by atoms with E-state index in [1.807, 2.05) is 74.8 Å². The Hall–Kier alpha value is -5.08. The van der Waals surface area contributed by atoms with E-state index in [1.165, 1.54) is 9.80 Å². The number of aryl methyl sites for hydroxylation is 2. The average Bonchev–Trinajstić information content (AvgIpc) is 3.77. The minimum absolute atomic E-state index is 0.0510. The largest absolute Gasteiger partial charge is 0.388 e. The number of aromatic nitrogens is 2. The molecule has 2 bridgehead atoms. The van der Waals surface area contributed by atoms with E-state index in [0.29, 0.717) is 44.3 Å². The van der Waals surface area contributed by atoms with Crippen LogP contribution >= 0.6 is 0 Å². The Bertz CT molecular complexity index is 1860. The van der Waals surface area contributed by atoms with E-state index in [1.54, 1.807) is 18.2 Å². The van der Waals surface area contributed by atoms with Crippen LogP contribution in [0, 0.1) is 19.8 Å². The van der Waals surface area contributed by atoms with Gasteiger partial charge in [-0.1, -0.05) is 56.3 Å². The summed E-state index contributed by atoms with van der Waals surface area (Å²) in [6.07, 6.45) is -0.390. The number of rotatable bonds is 7. The molecular formula is C41H53N7O7. The van der Waals surface area contributed by atoms with Crippen molar-refractivity contribution in [1.29, 1.82) is 0 Å². The molecule has 14 heteroatoms. The minimum atomic E-state index is -1.22. The summed E-state index contributed by atoms with van der Waals surface area (Å²) in [6.45, 7) is 8.10. The topological polar surface area (TPSA) is 175 Å². The third kappa shape index (κ3) is 9.78. The molecule has 14 nitrogen and oxygen atoms in total. The second kappa shape index (κ2) is 17.6. The Labute approximate surface area is 322 Å². The van der Waals surface area contributed by atoms with E-state index >= 15 is 0 Å². The van der Waals surface area contributed by atoms with Crippen LogP contribution in [0.1, 0.15) is 72.4 Å². The molecule has 4 heterocycles. The number of ether oxygens (including phenoxy) is 1. The lowest BCUT2D eigenvalue weighted by molar-refractivity contribution is -0.142. The first-order valence-electron chi connectivity index (χ1n) is 19.3. The van der Waals surface area contributed by atoms with Crippen molar-refractivity contribution in [2.24, 2.45) is 5.92 Å². The van der Waals surface area contributed by atoms with E-state index in [4.69, 9.17) is 4.74 Å². The van der Waals surface area contributed by atoms with Gasteiger partial charge in [-0.2, -0.15) is 5.10 Å². The van der Waals surface area contributed by atoms with Crippen molar-refractivity contribution in [3.05, 3.63) is 88.7 Å². The molecular weight excluding hydrogens is 702 g/mol. The molecule has 2 aromatic carbocycles. The van der Waals surface area contributed by atoms with E-state index in [0.717, 1.165) is 22.5 Å². The molecule has 0 unspecified atom stereocenters. The van der Waals surface area contributed by atoms with Crippen LogP contribution in [0.15, 0.2) is 60.7 Å². The van der Waals surface area contributed by atoms with Gasteiger partial charge in [0.25, 0.3) is 5.91 Å². The van der Waals surface area contributed by atoms with E-state index in [9.17, 15) is 29.1 Å². The Morgan fingerprint density at radius 3 is 2.42 bits per heavy atom. The van der Waals surface area contributed by atoms with Crippen LogP contribution in [-0.4, -0.2) is 117 Å². The van der Waals surface area contributed by atoms with Crippen molar-refractivity contribution >= 4 is 29.5 Å². The number of benzene rings is 2. The average molecular weight is 756 g/mol. The molecule has 6 rings (SSSR count). The maximum absolute atomic E-state index is 14.4. The first-order chi connectivity index (χ1) is 26.4. The van der Waals surface area contributed by atoms with Crippen LogP contribution in [0.2, 0.25) is 0 Å². The number of nitrogens with zero attached hydrogens (tertiary/aromatic N) is 4. The molecule has 3 aliphatic heterocycles. The SMILES string of the molecule is Cc1cc(C)n(Cc2cccc(C(=O)N3CC(=O)N[C@@H](Cc4ccccc4)C(=O)N4CCC[C@@H]4C(=O)N[C@H](CC(C)C)C(=O)N[C@H]4CCO[C@H](C3)[C@H]4O)c2)n1. The molecule has 294 valence electrons. The molecule has 4 N–H and O–H groups in total. The molecule has 0 saturated carbocycles. The number of aliphatic hydroxyl groups is 1. The monoisotopic (exact) mass is 755 g/mol. The van der Waals surface area contributed by atoms with Gasteiger partial charge in [-0.15, -0.1) is 0 Å². The van der Waals surface area contributed by atoms with Crippen LogP contribution < -0.4 is 16.0 Å². The van der Waals surface area contributed by atoms with Gasteiger partial charge in [0.1, 0.15) is 30.3 Å². The summed E-state index contributed by atoms with van der Waals surface area (Å²) < 4.78 is 7.85. The molecule has 0 aliphatic carbocycles. The number of nitrogens with one attached hydrogen (secondary N) is 3. The summed E-state index contributed by atoms with van der Waals surface area (Å²) in [7, 11) is 0. The van der Waals surface area contributed by atoms with Crippen LogP contribution in [0.5, 0.6) is 0 Å². The summed E-state index contributed by atoms with van der Waals surface area (Å²) in [6, 6.07) is 14.8. The molecule has 3 fully saturated rings. The Kier molecular flexibility index (Phi) is 12.7. The first-order valence-corrected chi connectivity index (χ1v) is 19.3. The fraction of sp³-hybridized carbons (Fsp3) is 0.512.